The van der Waals surface area contributed by atoms with Crippen molar-refractivity contribution in [3.63, 3.8) is 0 Å². The van der Waals surface area contributed by atoms with Crippen molar-refractivity contribution in [1.29, 1.82) is 0 Å². The third-order valence-corrected chi connectivity index (χ3v) is 3.40. The first-order chi connectivity index (χ1) is 10.0. The van der Waals surface area contributed by atoms with Gasteiger partial charge in [-0.3, -0.25) is 4.79 Å². The predicted molar refractivity (Wildman–Crippen MR) is 72.8 cm³/mol. The molecule has 1 atom stereocenters. The van der Waals surface area contributed by atoms with E-state index < -0.39 is 17.4 Å². The Morgan fingerprint density at radius 1 is 1.24 bits per heavy atom. The topological polar surface area (TPSA) is 94.1 Å². The highest BCUT2D eigenvalue weighted by Crippen LogP contribution is 2.24. The second-order valence-corrected chi connectivity index (χ2v) is 4.75. The molecule has 0 bridgehead atoms. The van der Waals surface area contributed by atoms with E-state index in [-0.39, 0.29) is 18.6 Å². The van der Waals surface area contributed by atoms with Crippen molar-refractivity contribution in [2.45, 2.75) is 12.0 Å². The molecule has 1 aromatic carbocycles. The maximum atomic E-state index is 12.3. The van der Waals surface area contributed by atoms with Crippen LogP contribution in [0.1, 0.15) is 16.8 Å². The van der Waals surface area contributed by atoms with Crippen LogP contribution in [0, 0.1) is 0 Å². The van der Waals surface area contributed by atoms with Crippen LogP contribution in [0.5, 0.6) is 11.5 Å². The van der Waals surface area contributed by atoms with Crippen LogP contribution in [0.3, 0.4) is 0 Å². The summed E-state index contributed by atoms with van der Waals surface area (Å²) in [6.07, 6.45) is 0.231. The van der Waals surface area contributed by atoms with Crippen molar-refractivity contribution in [1.82, 2.24) is 5.32 Å². The number of hydrogen-bond donors (Lipinski definition) is 2. The third-order valence-electron chi connectivity index (χ3n) is 3.40. The van der Waals surface area contributed by atoms with Crippen LogP contribution in [0.15, 0.2) is 18.2 Å². The van der Waals surface area contributed by atoms with E-state index in [0.717, 1.165) is 0 Å². The molecular formula is C14H17NO6. The molecule has 114 valence electrons. The van der Waals surface area contributed by atoms with Crippen molar-refractivity contribution in [2.75, 3.05) is 27.4 Å². The summed E-state index contributed by atoms with van der Waals surface area (Å²) in [5.74, 6) is -0.721. The number of carbonyl (C=O) groups excluding carboxylic acids is 1. The molecule has 0 unspecified atom stereocenters. The molecule has 1 aliphatic rings. The Balaban J connectivity index is 2.25. The number of aliphatic carboxylic acids is 1. The van der Waals surface area contributed by atoms with Gasteiger partial charge in [0.15, 0.2) is 5.54 Å². The summed E-state index contributed by atoms with van der Waals surface area (Å²) >= 11 is 0. The van der Waals surface area contributed by atoms with Crippen LogP contribution in [0.2, 0.25) is 0 Å². The highest BCUT2D eigenvalue weighted by molar-refractivity contribution is 5.98. The van der Waals surface area contributed by atoms with Crippen molar-refractivity contribution < 1.29 is 28.9 Å². The van der Waals surface area contributed by atoms with E-state index in [4.69, 9.17) is 14.2 Å². The minimum Gasteiger partial charge on any atom is -0.497 e. The van der Waals surface area contributed by atoms with E-state index in [1.165, 1.54) is 26.4 Å². The fourth-order valence-electron chi connectivity index (χ4n) is 2.11. The highest BCUT2D eigenvalue weighted by atomic mass is 16.5. The average molecular weight is 295 g/mol. The first-order valence-corrected chi connectivity index (χ1v) is 6.37. The van der Waals surface area contributed by atoms with Crippen LogP contribution in [0.25, 0.3) is 0 Å². The maximum absolute atomic E-state index is 12.3. The zero-order valence-corrected chi connectivity index (χ0v) is 11.8. The minimum atomic E-state index is -1.38. The summed E-state index contributed by atoms with van der Waals surface area (Å²) in [5.41, 5.74) is -1.12. The second-order valence-electron chi connectivity index (χ2n) is 4.75. The van der Waals surface area contributed by atoms with Gasteiger partial charge in [-0.25, -0.2) is 4.79 Å². The number of amides is 1. The van der Waals surface area contributed by atoms with Crippen molar-refractivity contribution >= 4 is 11.9 Å². The van der Waals surface area contributed by atoms with E-state index in [0.29, 0.717) is 18.1 Å². The summed E-state index contributed by atoms with van der Waals surface area (Å²) in [6.45, 7) is 0.253. The molecule has 2 rings (SSSR count). The number of ether oxygens (including phenoxy) is 3. The standard InChI is InChI=1S/C14H17NO6/c1-19-10-5-9(6-11(7-10)20-2)12(16)15-14(13(17)18)3-4-21-8-14/h5-7H,3-4,8H2,1-2H3,(H,15,16)(H,17,18)/t14-/m0/s1. The molecule has 7 heteroatoms. The lowest BCUT2D eigenvalue weighted by atomic mass is 9.98. The highest BCUT2D eigenvalue weighted by Gasteiger charge is 2.44. The Kier molecular flexibility index (Phi) is 4.32. The predicted octanol–water partition coefficient (Wildman–Crippen LogP) is 0.677. The van der Waals surface area contributed by atoms with Gasteiger partial charge in [0.2, 0.25) is 0 Å². The molecule has 0 aliphatic carbocycles. The lowest BCUT2D eigenvalue weighted by Crippen LogP contribution is -2.55. The van der Waals surface area contributed by atoms with Crippen LogP contribution >= 0.6 is 0 Å². The normalized spacial score (nSPS) is 20.9. The zero-order chi connectivity index (χ0) is 15.5. The summed E-state index contributed by atoms with van der Waals surface area (Å²) in [6, 6.07) is 4.66. The molecule has 0 aromatic heterocycles. The quantitative estimate of drug-likeness (QED) is 0.829. The summed E-state index contributed by atoms with van der Waals surface area (Å²) in [5, 5.41) is 11.9. The van der Waals surface area contributed by atoms with E-state index >= 15 is 0 Å². The first-order valence-electron chi connectivity index (χ1n) is 6.37. The molecule has 1 heterocycles. The number of carbonyl (C=O) groups is 2. The van der Waals surface area contributed by atoms with Gasteiger partial charge < -0.3 is 24.6 Å². The van der Waals surface area contributed by atoms with Gasteiger partial charge in [-0.05, 0) is 12.1 Å². The molecular weight excluding hydrogens is 278 g/mol. The summed E-state index contributed by atoms with van der Waals surface area (Å²) < 4.78 is 15.3. The van der Waals surface area contributed by atoms with Gasteiger partial charge >= 0.3 is 5.97 Å². The number of nitrogens with one attached hydrogen (secondary N) is 1. The number of hydrogen-bond acceptors (Lipinski definition) is 5. The van der Waals surface area contributed by atoms with Gasteiger partial charge in [0.1, 0.15) is 11.5 Å². The molecule has 0 saturated carbocycles. The van der Waals surface area contributed by atoms with E-state index in [1.54, 1.807) is 6.07 Å². The van der Waals surface area contributed by atoms with Gasteiger partial charge in [-0.1, -0.05) is 0 Å². The van der Waals surface area contributed by atoms with E-state index in [2.05, 4.69) is 5.32 Å². The molecule has 1 aliphatic heterocycles. The molecule has 2 N–H and O–H groups in total. The second kappa shape index (κ2) is 6.01. The first kappa shape index (κ1) is 15.1. The van der Waals surface area contributed by atoms with Crippen molar-refractivity contribution in [2.24, 2.45) is 0 Å². The van der Waals surface area contributed by atoms with Gasteiger partial charge in [0.05, 0.1) is 20.8 Å². The van der Waals surface area contributed by atoms with Crippen molar-refractivity contribution in [3.8, 4) is 11.5 Å². The molecule has 1 saturated heterocycles. The SMILES string of the molecule is COc1cc(OC)cc(C(=O)N[C@@]2(C(=O)O)CCOC2)c1. The van der Waals surface area contributed by atoms with Gasteiger partial charge in [0, 0.05) is 24.7 Å². The number of benzene rings is 1. The molecule has 0 spiro atoms. The minimum absolute atomic E-state index is 0.0465. The Hall–Kier alpha value is -2.28. The summed E-state index contributed by atoms with van der Waals surface area (Å²) in [4.78, 5) is 23.7. The number of carboxylic acids is 1. The molecule has 0 radical (unpaired) electrons. The lowest BCUT2D eigenvalue weighted by molar-refractivity contribution is -0.144. The van der Waals surface area contributed by atoms with E-state index in [9.17, 15) is 14.7 Å². The Labute approximate surface area is 121 Å². The Morgan fingerprint density at radius 3 is 2.29 bits per heavy atom. The average Bonchev–Trinajstić information content (AvgIpc) is 2.96. The number of rotatable bonds is 5. The molecule has 7 nitrogen and oxygen atoms in total. The fourth-order valence-corrected chi connectivity index (χ4v) is 2.11. The van der Waals surface area contributed by atoms with Crippen molar-refractivity contribution in [3.05, 3.63) is 23.8 Å². The summed E-state index contributed by atoms with van der Waals surface area (Å²) in [7, 11) is 2.94. The molecule has 21 heavy (non-hydrogen) atoms. The monoisotopic (exact) mass is 295 g/mol. The van der Waals surface area contributed by atoms with Gasteiger partial charge in [-0.15, -0.1) is 0 Å². The number of methoxy groups -OCH3 is 2. The Bertz CT molecular complexity index is 528. The largest absolute Gasteiger partial charge is 0.497 e. The van der Waals surface area contributed by atoms with Crippen LogP contribution in [0.4, 0.5) is 0 Å². The van der Waals surface area contributed by atoms with Crippen LogP contribution < -0.4 is 14.8 Å². The lowest BCUT2D eigenvalue weighted by Gasteiger charge is -2.23. The van der Waals surface area contributed by atoms with Gasteiger partial charge in [0.25, 0.3) is 5.91 Å². The number of carboxylic acid groups (broad SMARTS) is 1. The maximum Gasteiger partial charge on any atom is 0.331 e. The Morgan fingerprint density at radius 2 is 1.86 bits per heavy atom. The smallest absolute Gasteiger partial charge is 0.331 e. The molecule has 1 amide bonds. The fraction of sp³-hybridized carbons (Fsp3) is 0.429. The molecule has 1 aromatic rings. The van der Waals surface area contributed by atoms with E-state index in [1.807, 2.05) is 0 Å². The zero-order valence-electron chi connectivity index (χ0n) is 11.8. The third kappa shape index (κ3) is 3.08. The molecule has 1 fully saturated rings. The van der Waals surface area contributed by atoms with Gasteiger partial charge in [-0.2, -0.15) is 0 Å². The van der Waals surface area contributed by atoms with Crippen LogP contribution in [-0.2, 0) is 9.53 Å². The van der Waals surface area contributed by atoms with Crippen LogP contribution in [-0.4, -0.2) is 50.0 Å².